The van der Waals surface area contributed by atoms with Gasteiger partial charge in [0.25, 0.3) is 0 Å². The molecule has 1 aliphatic heterocycles. The molecule has 1 aromatic carbocycles. The van der Waals surface area contributed by atoms with E-state index in [4.69, 9.17) is 0 Å². The molecule has 1 saturated heterocycles. The predicted molar refractivity (Wildman–Crippen MR) is 81.2 cm³/mol. The van der Waals surface area contributed by atoms with Crippen LogP contribution in [0.4, 0.5) is 5.69 Å². The molecule has 0 N–H and O–H groups in total. The van der Waals surface area contributed by atoms with Gasteiger partial charge >= 0.3 is 0 Å². The lowest BCUT2D eigenvalue weighted by Crippen LogP contribution is -2.46. The summed E-state index contributed by atoms with van der Waals surface area (Å²) in [5.74, 6) is -0.929. The number of imide groups is 1. The second-order valence-electron chi connectivity index (χ2n) is 7.02. The first-order chi connectivity index (χ1) is 10.5. The Morgan fingerprint density at radius 3 is 2.18 bits per heavy atom. The van der Waals surface area contributed by atoms with Gasteiger partial charge in [0, 0.05) is 12.3 Å². The number of rotatable bonds is 1. The molecule has 0 spiro atoms. The molecule has 4 heteroatoms. The van der Waals surface area contributed by atoms with Gasteiger partial charge in [-0.2, -0.15) is 0 Å². The second-order valence-corrected chi connectivity index (χ2v) is 7.02. The number of carbonyl (C=O) groups is 3. The van der Waals surface area contributed by atoms with Crippen molar-refractivity contribution in [3.8, 4) is 0 Å². The highest BCUT2D eigenvalue weighted by Crippen LogP contribution is 2.52. The molecule has 4 aliphatic rings. The van der Waals surface area contributed by atoms with Crippen molar-refractivity contribution in [1.29, 1.82) is 0 Å². The van der Waals surface area contributed by atoms with Crippen LogP contribution in [-0.4, -0.2) is 17.6 Å². The van der Waals surface area contributed by atoms with Crippen molar-refractivity contribution in [3.63, 3.8) is 0 Å². The van der Waals surface area contributed by atoms with Crippen LogP contribution in [0.5, 0.6) is 0 Å². The SMILES string of the molecule is Cc1cc(C)cc(N2C(=O)[C@H]3[C@@H]4CC[C@@H](C(=O)C4)[C@H]3C2=O)c1. The lowest BCUT2D eigenvalue weighted by Gasteiger charge is -2.41. The van der Waals surface area contributed by atoms with Crippen LogP contribution in [0.1, 0.15) is 30.4 Å². The first-order valence-electron chi connectivity index (χ1n) is 7.96. The summed E-state index contributed by atoms with van der Waals surface area (Å²) in [7, 11) is 0. The fourth-order valence-electron chi connectivity index (χ4n) is 4.72. The lowest BCUT2D eigenvalue weighted by atomic mass is 9.59. The van der Waals surface area contributed by atoms with Crippen molar-refractivity contribution in [3.05, 3.63) is 29.3 Å². The van der Waals surface area contributed by atoms with Crippen LogP contribution in [0.3, 0.4) is 0 Å². The van der Waals surface area contributed by atoms with Crippen LogP contribution in [0.25, 0.3) is 0 Å². The van der Waals surface area contributed by atoms with Crippen molar-refractivity contribution in [2.45, 2.75) is 33.1 Å². The Morgan fingerprint density at radius 2 is 1.55 bits per heavy atom. The van der Waals surface area contributed by atoms with Gasteiger partial charge in [0.2, 0.25) is 11.8 Å². The molecule has 5 rings (SSSR count). The standard InChI is InChI=1S/C18H19NO3/c1-9-5-10(2)7-12(6-9)19-17(21)15-11-3-4-13(14(20)8-11)16(15)18(19)22/h5-7,11,13,15-16H,3-4,8H2,1-2H3/t11-,13+,15+,16-/m1/s1. The number of anilines is 1. The largest absolute Gasteiger partial charge is 0.299 e. The van der Waals surface area contributed by atoms with E-state index >= 15 is 0 Å². The zero-order chi connectivity index (χ0) is 15.6. The molecular formula is C18H19NO3. The average Bonchev–Trinajstić information content (AvgIpc) is 2.72. The predicted octanol–water partition coefficient (Wildman–Crippen LogP) is 2.41. The summed E-state index contributed by atoms with van der Waals surface area (Å²) in [5.41, 5.74) is 2.72. The maximum atomic E-state index is 12.9. The third kappa shape index (κ3) is 1.73. The van der Waals surface area contributed by atoms with Gasteiger partial charge in [0.1, 0.15) is 5.78 Å². The normalized spacial score (nSPS) is 33.5. The van der Waals surface area contributed by atoms with E-state index in [2.05, 4.69) is 0 Å². The van der Waals surface area contributed by atoms with E-state index in [1.165, 1.54) is 4.90 Å². The molecule has 1 aromatic rings. The second kappa shape index (κ2) is 4.51. The van der Waals surface area contributed by atoms with Gasteiger partial charge < -0.3 is 0 Å². The van der Waals surface area contributed by atoms with Crippen molar-refractivity contribution in [1.82, 2.24) is 0 Å². The Kier molecular flexibility index (Phi) is 2.80. The van der Waals surface area contributed by atoms with Crippen molar-refractivity contribution >= 4 is 23.3 Å². The van der Waals surface area contributed by atoms with Crippen LogP contribution < -0.4 is 4.90 Å². The van der Waals surface area contributed by atoms with Crippen LogP contribution in [0.2, 0.25) is 0 Å². The van der Waals surface area contributed by atoms with Crippen LogP contribution in [0.15, 0.2) is 18.2 Å². The molecule has 3 aliphatic carbocycles. The number of aryl methyl sites for hydroxylation is 2. The summed E-state index contributed by atoms with van der Waals surface area (Å²) in [6.45, 7) is 3.92. The monoisotopic (exact) mass is 297 g/mol. The van der Waals surface area contributed by atoms with Gasteiger partial charge in [-0.3, -0.25) is 19.3 Å². The van der Waals surface area contributed by atoms with Crippen LogP contribution in [-0.2, 0) is 14.4 Å². The molecule has 0 aromatic heterocycles. The maximum Gasteiger partial charge on any atom is 0.238 e. The minimum atomic E-state index is -0.409. The fourth-order valence-corrected chi connectivity index (χ4v) is 4.72. The minimum Gasteiger partial charge on any atom is -0.299 e. The minimum absolute atomic E-state index is 0.0647. The molecule has 4 nitrogen and oxygen atoms in total. The Morgan fingerprint density at radius 1 is 0.909 bits per heavy atom. The summed E-state index contributed by atoms with van der Waals surface area (Å²) in [4.78, 5) is 39.2. The highest BCUT2D eigenvalue weighted by molar-refractivity contribution is 6.23. The van der Waals surface area contributed by atoms with Crippen molar-refractivity contribution < 1.29 is 14.4 Å². The Balaban J connectivity index is 1.78. The number of nitrogens with zero attached hydrogens (tertiary/aromatic N) is 1. The van der Waals surface area contributed by atoms with Crippen LogP contribution in [0, 0.1) is 37.5 Å². The summed E-state index contributed by atoms with van der Waals surface area (Å²) in [6, 6.07) is 5.78. The first-order valence-corrected chi connectivity index (χ1v) is 7.96. The summed E-state index contributed by atoms with van der Waals surface area (Å²) in [6.07, 6.45) is 2.15. The van der Waals surface area contributed by atoms with E-state index < -0.39 is 5.92 Å². The van der Waals surface area contributed by atoms with E-state index in [1.807, 2.05) is 32.0 Å². The van der Waals surface area contributed by atoms with Gasteiger partial charge in [-0.25, -0.2) is 0 Å². The molecule has 2 bridgehead atoms. The topological polar surface area (TPSA) is 54.5 Å². The molecular weight excluding hydrogens is 278 g/mol. The van der Waals surface area contributed by atoms with Gasteiger partial charge in [-0.15, -0.1) is 0 Å². The first kappa shape index (κ1) is 13.7. The number of amides is 2. The summed E-state index contributed by atoms with van der Waals surface area (Å²) < 4.78 is 0. The molecule has 3 saturated carbocycles. The van der Waals surface area contributed by atoms with E-state index in [-0.39, 0.29) is 35.4 Å². The number of benzene rings is 1. The van der Waals surface area contributed by atoms with Gasteiger partial charge in [0.05, 0.1) is 17.5 Å². The number of Topliss-reactive ketones (excluding diaryl/α,β-unsaturated/α-hetero) is 1. The molecule has 0 radical (unpaired) electrons. The summed E-state index contributed by atoms with van der Waals surface area (Å²) >= 11 is 0. The lowest BCUT2D eigenvalue weighted by molar-refractivity contribution is -0.143. The quantitative estimate of drug-likeness (QED) is 0.748. The van der Waals surface area contributed by atoms with Gasteiger partial charge in [-0.05, 0) is 55.9 Å². The molecule has 4 atom stereocenters. The molecule has 2 amide bonds. The third-order valence-electron chi connectivity index (χ3n) is 5.53. The zero-order valence-electron chi connectivity index (χ0n) is 12.8. The average molecular weight is 297 g/mol. The Labute approximate surface area is 129 Å². The Bertz CT molecular complexity index is 688. The summed E-state index contributed by atoms with van der Waals surface area (Å²) in [5, 5.41) is 0. The van der Waals surface area contributed by atoms with E-state index in [0.29, 0.717) is 12.1 Å². The fraction of sp³-hybridized carbons (Fsp3) is 0.500. The number of hydrogen-bond donors (Lipinski definition) is 0. The van der Waals surface area contributed by atoms with Gasteiger partial charge in [-0.1, -0.05) is 6.07 Å². The van der Waals surface area contributed by atoms with Crippen molar-refractivity contribution in [2.24, 2.45) is 23.7 Å². The maximum absolute atomic E-state index is 12.9. The van der Waals surface area contributed by atoms with Gasteiger partial charge in [0.15, 0.2) is 0 Å². The zero-order valence-corrected chi connectivity index (χ0v) is 12.8. The van der Waals surface area contributed by atoms with E-state index in [9.17, 15) is 14.4 Å². The highest BCUT2D eigenvalue weighted by Gasteiger charge is 2.60. The van der Waals surface area contributed by atoms with E-state index in [0.717, 1.165) is 24.0 Å². The third-order valence-corrected chi connectivity index (χ3v) is 5.53. The van der Waals surface area contributed by atoms with Crippen molar-refractivity contribution in [2.75, 3.05) is 4.90 Å². The number of fused-ring (bicyclic) bond motifs is 2. The molecule has 114 valence electrons. The molecule has 4 fully saturated rings. The highest BCUT2D eigenvalue weighted by atomic mass is 16.2. The van der Waals surface area contributed by atoms with E-state index in [1.54, 1.807) is 0 Å². The smallest absolute Gasteiger partial charge is 0.238 e. The molecule has 1 heterocycles. The molecule has 0 unspecified atom stereocenters. The Hall–Kier alpha value is -1.97. The number of hydrogen-bond acceptors (Lipinski definition) is 3. The van der Waals surface area contributed by atoms with Crippen LogP contribution >= 0.6 is 0 Å². The number of carbonyl (C=O) groups excluding carboxylic acids is 3. The molecule has 22 heavy (non-hydrogen) atoms. The number of ketones is 1.